The van der Waals surface area contributed by atoms with E-state index in [1.54, 1.807) is 13.2 Å². The molecule has 3 nitrogen and oxygen atoms in total. The van der Waals surface area contributed by atoms with Crippen molar-refractivity contribution < 1.29 is 9.53 Å². The average Bonchev–Trinajstić information content (AvgIpc) is 2.17. The van der Waals surface area contributed by atoms with Crippen LogP contribution in [0.15, 0.2) is 18.2 Å². The van der Waals surface area contributed by atoms with Crippen molar-refractivity contribution in [1.29, 1.82) is 0 Å². The number of amides is 1. The monoisotopic (exact) mass is 319 g/mol. The van der Waals surface area contributed by atoms with Gasteiger partial charge in [0.25, 0.3) is 5.91 Å². The highest BCUT2D eigenvalue weighted by Gasteiger charge is 2.11. The fourth-order valence-corrected chi connectivity index (χ4v) is 1.73. The van der Waals surface area contributed by atoms with Crippen LogP contribution in [0.4, 0.5) is 0 Å². The lowest BCUT2D eigenvalue weighted by molar-refractivity contribution is 0.0942. The van der Waals surface area contributed by atoms with Gasteiger partial charge in [0.1, 0.15) is 5.75 Å². The van der Waals surface area contributed by atoms with E-state index in [9.17, 15) is 4.79 Å². The van der Waals surface area contributed by atoms with Crippen LogP contribution >= 0.6 is 22.6 Å². The summed E-state index contributed by atoms with van der Waals surface area (Å²) in [6.07, 6.45) is 0. The number of carbonyl (C=O) groups is 1. The fraction of sp³-hybridized carbons (Fsp3) is 0.364. The Labute approximate surface area is 103 Å². The van der Waals surface area contributed by atoms with E-state index in [-0.39, 0.29) is 11.9 Å². The Hall–Kier alpha value is -0.780. The van der Waals surface area contributed by atoms with E-state index in [1.807, 2.05) is 26.0 Å². The minimum atomic E-state index is -0.0618. The summed E-state index contributed by atoms with van der Waals surface area (Å²) in [5.74, 6) is 0.637. The molecule has 82 valence electrons. The largest absolute Gasteiger partial charge is 0.497 e. The quantitative estimate of drug-likeness (QED) is 0.869. The number of hydrogen-bond donors (Lipinski definition) is 1. The molecule has 0 heterocycles. The van der Waals surface area contributed by atoms with E-state index in [0.717, 1.165) is 3.57 Å². The molecule has 0 unspecified atom stereocenters. The zero-order valence-electron chi connectivity index (χ0n) is 9.00. The lowest BCUT2D eigenvalue weighted by atomic mass is 10.2. The molecular formula is C11H14INO2. The highest BCUT2D eigenvalue weighted by Crippen LogP contribution is 2.19. The third-order valence-electron chi connectivity index (χ3n) is 1.84. The van der Waals surface area contributed by atoms with Crippen molar-refractivity contribution in [3.63, 3.8) is 0 Å². The third kappa shape index (κ3) is 3.37. The zero-order valence-corrected chi connectivity index (χ0v) is 11.2. The van der Waals surface area contributed by atoms with Gasteiger partial charge in [0.05, 0.1) is 12.7 Å². The molecule has 1 rings (SSSR count). The van der Waals surface area contributed by atoms with Gasteiger partial charge in [0.2, 0.25) is 0 Å². The number of hydrogen-bond acceptors (Lipinski definition) is 2. The summed E-state index contributed by atoms with van der Waals surface area (Å²) in [6, 6.07) is 5.60. The van der Waals surface area contributed by atoms with Gasteiger partial charge in [-0.3, -0.25) is 4.79 Å². The van der Waals surface area contributed by atoms with Crippen LogP contribution in [-0.2, 0) is 0 Å². The first-order valence-corrected chi connectivity index (χ1v) is 5.77. The molecule has 0 bridgehead atoms. The van der Waals surface area contributed by atoms with Crippen molar-refractivity contribution in [3.8, 4) is 5.75 Å². The predicted octanol–water partition coefficient (Wildman–Crippen LogP) is 2.44. The molecule has 0 aliphatic heterocycles. The lowest BCUT2D eigenvalue weighted by Gasteiger charge is -2.10. The molecule has 15 heavy (non-hydrogen) atoms. The minimum absolute atomic E-state index is 0.0618. The molecule has 1 N–H and O–H groups in total. The lowest BCUT2D eigenvalue weighted by Crippen LogP contribution is -2.30. The number of carbonyl (C=O) groups excluding carboxylic acids is 1. The number of ether oxygens (including phenoxy) is 1. The number of benzene rings is 1. The zero-order chi connectivity index (χ0) is 11.4. The summed E-state index contributed by atoms with van der Waals surface area (Å²) in [7, 11) is 1.59. The van der Waals surface area contributed by atoms with Gasteiger partial charge >= 0.3 is 0 Å². The summed E-state index contributed by atoms with van der Waals surface area (Å²) >= 11 is 2.14. The van der Waals surface area contributed by atoms with Crippen LogP contribution in [0.25, 0.3) is 0 Å². The summed E-state index contributed by atoms with van der Waals surface area (Å²) < 4.78 is 6.00. The van der Waals surface area contributed by atoms with E-state index >= 15 is 0 Å². The van der Waals surface area contributed by atoms with Gasteiger partial charge in [0.15, 0.2) is 0 Å². The van der Waals surface area contributed by atoms with Gasteiger partial charge in [-0.2, -0.15) is 0 Å². The first-order chi connectivity index (χ1) is 7.04. The second kappa shape index (κ2) is 5.34. The molecule has 1 aromatic rings. The Balaban J connectivity index is 2.96. The smallest absolute Gasteiger partial charge is 0.252 e. The summed E-state index contributed by atoms with van der Waals surface area (Å²) in [6.45, 7) is 3.87. The van der Waals surface area contributed by atoms with Crippen molar-refractivity contribution in [2.45, 2.75) is 19.9 Å². The highest BCUT2D eigenvalue weighted by molar-refractivity contribution is 14.1. The highest BCUT2D eigenvalue weighted by atomic mass is 127. The van der Waals surface area contributed by atoms with Crippen molar-refractivity contribution >= 4 is 28.5 Å². The van der Waals surface area contributed by atoms with Gasteiger partial charge in [-0.25, -0.2) is 0 Å². The molecule has 0 saturated heterocycles. The van der Waals surface area contributed by atoms with Crippen molar-refractivity contribution in [3.05, 3.63) is 27.3 Å². The third-order valence-corrected chi connectivity index (χ3v) is 2.78. The standard InChI is InChI=1S/C11H14INO2/c1-7(2)13-11(14)9-6-8(15-3)4-5-10(9)12/h4-7H,1-3H3,(H,13,14). The number of methoxy groups -OCH3 is 1. The molecule has 0 spiro atoms. The summed E-state index contributed by atoms with van der Waals surface area (Å²) in [5, 5.41) is 2.85. The first kappa shape index (κ1) is 12.3. The maximum atomic E-state index is 11.8. The second-order valence-corrected chi connectivity index (χ2v) is 4.64. The van der Waals surface area contributed by atoms with Gasteiger partial charge < -0.3 is 10.1 Å². The van der Waals surface area contributed by atoms with E-state index in [2.05, 4.69) is 27.9 Å². The van der Waals surface area contributed by atoms with E-state index in [1.165, 1.54) is 0 Å². The second-order valence-electron chi connectivity index (χ2n) is 3.47. The number of nitrogens with one attached hydrogen (secondary N) is 1. The Morgan fingerprint density at radius 3 is 2.67 bits per heavy atom. The van der Waals surface area contributed by atoms with Crippen LogP contribution < -0.4 is 10.1 Å². The van der Waals surface area contributed by atoms with Gasteiger partial charge in [-0.1, -0.05) is 0 Å². The Kier molecular flexibility index (Phi) is 4.38. The van der Waals surface area contributed by atoms with Gasteiger partial charge in [0, 0.05) is 9.61 Å². The minimum Gasteiger partial charge on any atom is -0.497 e. The SMILES string of the molecule is COc1ccc(I)c(C(=O)NC(C)C)c1. The molecule has 1 amide bonds. The average molecular weight is 319 g/mol. The first-order valence-electron chi connectivity index (χ1n) is 4.69. The Bertz CT molecular complexity index is 364. The summed E-state index contributed by atoms with van der Waals surface area (Å²) in [5.41, 5.74) is 0.656. The normalized spacial score (nSPS) is 10.2. The Morgan fingerprint density at radius 2 is 2.13 bits per heavy atom. The predicted molar refractivity (Wildman–Crippen MR) is 68.3 cm³/mol. The number of rotatable bonds is 3. The van der Waals surface area contributed by atoms with Gasteiger partial charge in [-0.15, -0.1) is 0 Å². The molecule has 0 aliphatic rings. The molecule has 0 radical (unpaired) electrons. The number of halogens is 1. The summed E-state index contributed by atoms with van der Waals surface area (Å²) in [4.78, 5) is 11.8. The topological polar surface area (TPSA) is 38.3 Å². The van der Waals surface area contributed by atoms with Crippen molar-refractivity contribution in [2.75, 3.05) is 7.11 Å². The molecule has 0 fully saturated rings. The van der Waals surface area contributed by atoms with Gasteiger partial charge in [-0.05, 0) is 54.6 Å². The Morgan fingerprint density at radius 1 is 1.47 bits per heavy atom. The van der Waals surface area contributed by atoms with Crippen LogP contribution in [0, 0.1) is 3.57 Å². The van der Waals surface area contributed by atoms with Crippen LogP contribution in [0.2, 0.25) is 0 Å². The fourth-order valence-electron chi connectivity index (χ4n) is 1.15. The maximum absolute atomic E-state index is 11.8. The van der Waals surface area contributed by atoms with E-state index < -0.39 is 0 Å². The van der Waals surface area contributed by atoms with E-state index in [0.29, 0.717) is 11.3 Å². The molecule has 1 aromatic carbocycles. The van der Waals surface area contributed by atoms with Crippen LogP contribution in [0.3, 0.4) is 0 Å². The molecule has 4 heteroatoms. The molecule has 0 aromatic heterocycles. The molecule has 0 aliphatic carbocycles. The maximum Gasteiger partial charge on any atom is 0.252 e. The molecule has 0 atom stereocenters. The molecular weight excluding hydrogens is 305 g/mol. The van der Waals surface area contributed by atoms with Crippen LogP contribution in [0.5, 0.6) is 5.75 Å². The molecule has 0 saturated carbocycles. The van der Waals surface area contributed by atoms with Crippen molar-refractivity contribution in [2.24, 2.45) is 0 Å². The van der Waals surface area contributed by atoms with Crippen LogP contribution in [-0.4, -0.2) is 19.1 Å². The van der Waals surface area contributed by atoms with Crippen molar-refractivity contribution in [1.82, 2.24) is 5.32 Å². The van der Waals surface area contributed by atoms with Crippen LogP contribution in [0.1, 0.15) is 24.2 Å². The van der Waals surface area contributed by atoms with E-state index in [4.69, 9.17) is 4.74 Å².